The molecule has 0 aromatic heterocycles. The minimum Gasteiger partial charge on any atom is -0.489 e. The highest BCUT2D eigenvalue weighted by Gasteiger charge is 2.22. The highest BCUT2D eigenvalue weighted by atomic mass is 16.5. The van der Waals surface area contributed by atoms with Gasteiger partial charge >= 0.3 is 0 Å². The third-order valence-electron chi connectivity index (χ3n) is 2.92. The van der Waals surface area contributed by atoms with Crippen molar-refractivity contribution in [1.29, 1.82) is 5.26 Å². The van der Waals surface area contributed by atoms with Crippen LogP contribution >= 0.6 is 0 Å². The molecule has 1 aliphatic rings. The van der Waals surface area contributed by atoms with Crippen LogP contribution in [0.5, 0.6) is 5.75 Å². The summed E-state index contributed by atoms with van der Waals surface area (Å²) in [5, 5.41) is 14.9. The molecule has 0 radical (unpaired) electrons. The number of hydrogen-bond donors (Lipinski definition) is 2. The predicted octanol–water partition coefficient (Wildman–Crippen LogP) is 1.77. The zero-order valence-electron chi connectivity index (χ0n) is 11.1. The quantitative estimate of drug-likeness (QED) is 0.867. The van der Waals surface area contributed by atoms with Gasteiger partial charge in [0.2, 0.25) is 0 Å². The van der Waals surface area contributed by atoms with E-state index < -0.39 is 5.41 Å². The second-order valence-electron chi connectivity index (χ2n) is 5.14. The molecule has 0 spiro atoms. The molecule has 1 aromatic rings. The summed E-state index contributed by atoms with van der Waals surface area (Å²) >= 11 is 0. The van der Waals surface area contributed by atoms with Gasteiger partial charge in [0.25, 0.3) is 5.91 Å². The first-order valence-corrected chi connectivity index (χ1v) is 6.23. The highest BCUT2D eigenvalue weighted by Crippen LogP contribution is 2.31. The third kappa shape index (κ3) is 2.97. The van der Waals surface area contributed by atoms with Gasteiger partial charge in [-0.15, -0.1) is 0 Å². The lowest BCUT2D eigenvalue weighted by Crippen LogP contribution is -2.33. The Bertz CT molecular complexity index is 532. The van der Waals surface area contributed by atoms with Crippen molar-refractivity contribution in [2.75, 3.05) is 25.0 Å². The summed E-state index contributed by atoms with van der Waals surface area (Å²) in [7, 11) is 0. The number of nitrogens with one attached hydrogen (secondary N) is 2. The largest absolute Gasteiger partial charge is 0.489 e. The first-order chi connectivity index (χ1) is 9.03. The molecule has 1 heterocycles. The molecule has 0 saturated heterocycles. The monoisotopic (exact) mass is 259 g/mol. The van der Waals surface area contributed by atoms with Gasteiger partial charge in [-0.25, -0.2) is 0 Å². The molecule has 5 heteroatoms. The van der Waals surface area contributed by atoms with Crippen molar-refractivity contribution in [3.8, 4) is 11.8 Å². The second-order valence-corrected chi connectivity index (χ2v) is 5.14. The number of amides is 1. The number of nitrogens with zero attached hydrogens (tertiary/aromatic N) is 1. The lowest BCUT2D eigenvalue weighted by Gasteiger charge is -2.22. The topological polar surface area (TPSA) is 74.2 Å². The molecule has 0 bridgehead atoms. The molecule has 1 amide bonds. The number of fused-ring (bicyclic) bond motifs is 1. The van der Waals surface area contributed by atoms with E-state index in [2.05, 4.69) is 16.7 Å². The Hall–Kier alpha value is -2.22. The van der Waals surface area contributed by atoms with E-state index in [1.807, 2.05) is 12.1 Å². The number of carbonyl (C=O) groups excluding carboxylic acids is 1. The number of ether oxygens (including phenoxy) is 1. The molecule has 0 atom stereocenters. The minimum atomic E-state index is -0.580. The van der Waals surface area contributed by atoms with Gasteiger partial charge in [0.1, 0.15) is 6.61 Å². The van der Waals surface area contributed by atoms with Gasteiger partial charge in [0.15, 0.2) is 5.75 Å². The van der Waals surface area contributed by atoms with E-state index in [0.29, 0.717) is 24.5 Å². The smallest absolute Gasteiger partial charge is 0.255 e. The fourth-order valence-electron chi connectivity index (χ4n) is 1.79. The first kappa shape index (κ1) is 13.2. The molecular weight excluding hydrogens is 242 g/mol. The molecule has 2 N–H and O–H groups in total. The molecule has 5 nitrogen and oxygen atoms in total. The molecule has 19 heavy (non-hydrogen) atoms. The van der Waals surface area contributed by atoms with Crippen molar-refractivity contribution in [3.63, 3.8) is 0 Å². The van der Waals surface area contributed by atoms with Crippen LogP contribution in [0.3, 0.4) is 0 Å². The first-order valence-electron chi connectivity index (χ1n) is 6.23. The van der Waals surface area contributed by atoms with Crippen LogP contribution < -0.4 is 15.4 Å². The Morgan fingerprint density at radius 2 is 2.37 bits per heavy atom. The lowest BCUT2D eigenvalue weighted by atomic mass is 9.96. The molecular formula is C14H17N3O2. The molecule has 1 aliphatic heterocycles. The van der Waals surface area contributed by atoms with Crippen LogP contribution in [-0.2, 0) is 0 Å². The van der Waals surface area contributed by atoms with E-state index in [1.165, 1.54) is 0 Å². The van der Waals surface area contributed by atoms with Crippen LogP contribution in [0.4, 0.5) is 5.69 Å². The number of hydrogen-bond acceptors (Lipinski definition) is 4. The summed E-state index contributed by atoms with van der Waals surface area (Å²) in [5.74, 6) is 0.366. The van der Waals surface area contributed by atoms with E-state index in [4.69, 9.17) is 10.00 Å². The van der Waals surface area contributed by atoms with E-state index in [9.17, 15) is 4.79 Å². The summed E-state index contributed by atoms with van der Waals surface area (Å²) in [6, 6.07) is 7.56. The Balaban J connectivity index is 2.14. The van der Waals surface area contributed by atoms with Crippen LogP contribution in [0.1, 0.15) is 24.2 Å². The Kier molecular flexibility index (Phi) is 3.61. The van der Waals surface area contributed by atoms with Crippen molar-refractivity contribution >= 4 is 11.6 Å². The van der Waals surface area contributed by atoms with Crippen molar-refractivity contribution in [2.24, 2.45) is 5.41 Å². The van der Waals surface area contributed by atoms with Gasteiger partial charge in [0, 0.05) is 13.1 Å². The SMILES string of the molecule is CC(C)(C#N)CNC(=O)c1cccc2c1OCCN2. The van der Waals surface area contributed by atoms with Crippen molar-refractivity contribution in [3.05, 3.63) is 23.8 Å². The van der Waals surface area contributed by atoms with Crippen LogP contribution in [-0.4, -0.2) is 25.6 Å². The average molecular weight is 259 g/mol. The van der Waals surface area contributed by atoms with Gasteiger partial charge in [-0.3, -0.25) is 4.79 Å². The van der Waals surface area contributed by atoms with Crippen LogP contribution in [0.15, 0.2) is 18.2 Å². The van der Waals surface area contributed by atoms with E-state index in [1.54, 1.807) is 19.9 Å². The number of carbonyl (C=O) groups is 1. The highest BCUT2D eigenvalue weighted by molar-refractivity contribution is 5.99. The summed E-state index contributed by atoms with van der Waals surface area (Å²) in [5.41, 5.74) is 0.751. The maximum absolute atomic E-state index is 12.2. The standard InChI is InChI=1S/C14H17N3O2/c1-14(2,8-15)9-17-13(18)10-4-3-5-11-12(10)19-7-6-16-11/h3-5,16H,6-7,9H2,1-2H3,(H,17,18). The molecule has 100 valence electrons. The maximum atomic E-state index is 12.2. The number of nitriles is 1. The second kappa shape index (κ2) is 5.19. The normalized spacial score (nSPS) is 13.5. The van der Waals surface area contributed by atoms with Crippen molar-refractivity contribution in [1.82, 2.24) is 5.32 Å². The molecule has 1 aromatic carbocycles. The van der Waals surface area contributed by atoms with Crippen LogP contribution in [0, 0.1) is 16.7 Å². The predicted molar refractivity (Wildman–Crippen MR) is 72.2 cm³/mol. The summed E-state index contributed by atoms with van der Waals surface area (Å²) < 4.78 is 5.55. The summed E-state index contributed by atoms with van der Waals surface area (Å²) in [6.45, 7) is 5.15. The zero-order chi connectivity index (χ0) is 13.9. The van der Waals surface area contributed by atoms with E-state index in [-0.39, 0.29) is 5.91 Å². The van der Waals surface area contributed by atoms with Crippen molar-refractivity contribution < 1.29 is 9.53 Å². The molecule has 0 aliphatic carbocycles. The lowest BCUT2D eigenvalue weighted by molar-refractivity contribution is 0.0939. The Labute approximate surface area is 112 Å². The number of anilines is 1. The maximum Gasteiger partial charge on any atom is 0.255 e. The van der Waals surface area contributed by atoms with Gasteiger partial charge < -0.3 is 15.4 Å². The molecule has 0 fully saturated rings. The summed E-state index contributed by atoms with van der Waals surface area (Å²) in [6.07, 6.45) is 0. The minimum absolute atomic E-state index is 0.219. The molecule has 0 saturated carbocycles. The van der Waals surface area contributed by atoms with E-state index in [0.717, 1.165) is 12.2 Å². The van der Waals surface area contributed by atoms with Crippen LogP contribution in [0.25, 0.3) is 0 Å². The molecule has 0 unspecified atom stereocenters. The summed E-state index contributed by atoms with van der Waals surface area (Å²) in [4.78, 5) is 12.2. The number of rotatable bonds is 3. The third-order valence-corrected chi connectivity index (χ3v) is 2.92. The number of benzene rings is 1. The van der Waals surface area contributed by atoms with Crippen LogP contribution in [0.2, 0.25) is 0 Å². The zero-order valence-corrected chi connectivity index (χ0v) is 11.1. The van der Waals surface area contributed by atoms with Gasteiger partial charge in [-0.05, 0) is 26.0 Å². The average Bonchev–Trinajstić information content (AvgIpc) is 2.44. The van der Waals surface area contributed by atoms with Gasteiger partial charge in [-0.1, -0.05) is 6.07 Å². The Morgan fingerprint density at radius 3 is 3.11 bits per heavy atom. The Morgan fingerprint density at radius 1 is 1.58 bits per heavy atom. The fraction of sp³-hybridized carbons (Fsp3) is 0.429. The van der Waals surface area contributed by atoms with Gasteiger partial charge in [-0.2, -0.15) is 5.26 Å². The van der Waals surface area contributed by atoms with Gasteiger partial charge in [0.05, 0.1) is 22.7 Å². The fourth-order valence-corrected chi connectivity index (χ4v) is 1.79. The number of para-hydroxylation sites is 1. The van der Waals surface area contributed by atoms with Crippen molar-refractivity contribution in [2.45, 2.75) is 13.8 Å². The molecule has 2 rings (SSSR count). The van der Waals surface area contributed by atoms with E-state index >= 15 is 0 Å².